The number of hydrogen-bond acceptors (Lipinski definition) is 4. The van der Waals surface area contributed by atoms with Gasteiger partial charge in [0.15, 0.2) is 11.5 Å². The normalized spacial score (nSPS) is 10.2. The van der Waals surface area contributed by atoms with E-state index in [2.05, 4.69) is 0 Å². The number of rotatable bonds is 3. The summed E-state index contributed by atoms with van der Waals surface area (Å²) in [5, 5.41) is 0. The van der Waals surface area contributed by atoms with Crippen LogP contribution in [-0.2, 0) is 0 Å². The summed E-state index contributed by atoms with van der Waals surface area (Å²) in [7, 11) is 1.58. The maximum Gasteiger partial charge on any atom is 0.194 e. The highest BCUT2D eigenvalue weighted by atomic mass is 16.5. The molecule has 17 heavy (non-hydrogen) atoms. The second-order valence-electron chi connectivity index (χ2n) is 3.67. The van der Waals surface area contributed by atoms with Gasteiger partial charge in [0.05, 0.1) is 7.11 Å². The highest BCUT2D eigenvalue weighted by Crippen LogP contribution is 2.30. The van der Waals surface area contributed by atoms with Gasteiger partial charge in [0.1, 0.15) is 11.5 Å². The van der Waals surface area contributed by atoms with E-state index in [1.807, 2.05) is 0 Å². The molecule has 2 aromatic rings. The number of furan rings is 1. The minimum atomic E-state index is -0.108. The van der Waals surface area contributed by atoms with E-state index in [0.717, 1.165) is 5.56 Å². The van der Waals surface area contributed by atoms with Crippen LogP contribution < -0.4 is 10.5 Å². The van der Waals surface area contributed by atoms with E-state index in [4.69, 9.17) is 14.9 Å². The van der Waals surface area contributed by atoms with Gasteiger partial charge in [0.25, 0.3) is 0 Å². The standard InChI is InChI=1S/C13H13NO3/c1-8(15)12-5-6-13(17-12)10-4-3-9(16-2)7-11(10)14/h3-7H,14H2,1-2H3. The topological polar surface area (TPSA) is 65.5 Å². The smallest absolute Gasteiger partial charge is 0.194 e. The number of carbonyl (C=O) groups is 1. The van der Waals surface area contributed by atoms with E-state index < -0.39 is 0 Å². The molecule has 0 aliphatic carbocycles. The van der Waals surface area contributed by atoms with Gasteiger partial charge < -0.3 is 14.9 Å². The molecule has 2 N–H and O–H groups in total. The number of benzene rings is 1. The first-order valence-corrected chi connectivity index (χ1v) is 5.16. The van der Waals surface area contributed by atoms with Crippen molar-refractivity contribution in [1.29, 1.82) is 0 Å². The van der Waals surface area contributed by atoms with E-state index in [-0.39, 0.29) is 5.78 Å². The molecule has 0 aliphatic rings. The summed E-state index contributed by atoms with van der Waals surface area (Å²) in [6, 6.07) is 8.68. The van der Waals surface area contributed by atoms with Crippen molar-refractivity contribution in [1.82, 2.24) is 0 Å². The van der Waals surface area contributed by atoms with E-state index in [9.17, 15) is 4.79 Å². The van der Waals surface area contributed by atoms with Gasteiger partial charge in [-0.1, -0.05) is 0 Å². The number of anilines is 1. The van der Waals surface area contributed by atoms with Crippen molar-refractivity contribution in [3.8, 4) is 17.1 Å². The fourth-order valence-electron chi connectivity index (χ4n) is 1.56. The SMILES string of the molecule is COc1ccc(-c2ccc(C(C)=O)o2)c(N)c1. The van der Waals surface area contributed by atoms with Crippen LogP contribution in [0.2, 0.25) is 0 Å². The predicted octanol–water partition coefficient (Wildman–Crippen LogP) is 2.74. The van der Waals surface area contributed by atoms with Gasteiger partial charge in [0, 0.05) is 24.2 Å². The number of methoxy groups -OCH3 is 1. The minimum Gasteiger partial charge on any atom is -0.497 e. The van der Waals surface area contributed by atoms with Crippen LogP contribution in [0, 0.1) is 0 Å². The van der Waals surface area contributed by atoms with E-state index >= 15 is 0 Å². The molecule has 0 saturated carbocycles. The van der Waals surface area contributed by atoms with Crippen LogP contribution in [0.25, 0.3) is 11.3 Å². The molecule has 0 aliphatic heterocycles. The lowest BCUT2D eigenvalue weighted by Crippen LogP contribution is -1.91. The summed E-state index contributed by atoms with van der Waals surface area (Å²) in [5.41, 5.74) is 7.19. The molecule has 0 unspecified atom stereocenters. The van der Waals surface area contributed by atoms with Crippen molar-refractivity contribution < 1.29 is 13.9 Å². The average Bonchev–Trinajstić information content (AvgIpc) is 2.78. The molecule has 0 bridgehead atoms. The van der Waals surface area contributed by atoms with Crippen LogP contribution in [0.5, 0.6) is 5.75 Å². The molecule has 0 atom stereocenters. The number of Topliss-reactive ketones (excluding diaryl/α,β-unsaturated/α-hetero) is 1. The predicted molar refractivity (Wildman–Crippen MR) is 65.1 cm³/mol. The molecule has 4 heteroatoms. The van der Waals surface area contributed by atoms with Crippen molar-refractivity contribution in [2.24, 2.45) is 0 Å². The molecule has 0 radical (unpaired) electrons. The Kier molecular flexibility index (Phi) is 2.87. The van der Waals surface area contributed by atoms with Crippen LogP contribution in [0.3, 0.4) is 0 Å². The summed E-state index contributed by atoms with van der Waals surface area (Å²) in [6.07, 6.45) is 0. The maximum absolute atomic E-state index is 11.1. The third-order valence-corrected chi connectivity index (χ3v) is 2.48. The molecule has 4 nitrogen and oxygen atoms in total. The molecule has 0 saturated heterocycles. The Morgan fingerprint density at radius 3 is 2.59 bits per heavy atom. The number of ketones is 1. The Morgan fingerprint density at radius 1 is 1.29 bits per heavy atom. The number of ether oxygens (including phenoxy) is 1. The highest BCUT2D eigenvalue weighted by Gasteiger charge is 2.10. The third-order valence-electron chi connectivity index (χ3n) is 2.48. The van der Waals surface area contributed by atoms with Crippen LogP contribution in [0.4, 0.5) is 5.69 Å². The lowest BCUT2D eigenvalue weighted by molar-refractivity contribution is 0.0988. The zero-order valence-corrected chi connectivity index (χ0v) is 9.69. The lowest BCUT2D eigenvalue weighted by atomic mass is 10.1. The fraction of sp³-hybridized carbons (Fsp3) is 0.154. The van der Waals surface area contributed by atoms with Gasteiger partial charge in [0.2, 0.25) is 0 Å². The Hall–Kier alpha value is -2.23. The Bertz CT molecular complexity index is 558. The summed E-state index contributed by atoms with van der Waals surface area (Å²) in [6.45, 7) is 1.46. The largest absolute Gasteiger partial charge is 0.497 e. The van der Waals surface area contributed by atoms with Gasteiger partial charge >= 0.3 is 0 Å². The summed E-state index contributed by atoms with van der Waals surface area (Å²) >= 11 is 0. The Labute approximate surface area is 99.0 Å². The van der Waals surface area contributed by atoms with Crippen molar-refractivity contribution in [2.75, 3.05) is 12.8 Å². The van der Waals surface area contributed by atoms with Crippen LogP contribution in [0.1, 0.15) is 17.5 Å². The van der Waals surface area contributed by atoms with E-state index in [1.165, 1.54) is 6.92 Å². The first kappa shape index (κ1) is 11.3. The van der Waals surface area contributed by atoms with Crippen molar-refractivity contribution >= 4 is 11.5 Å². The fourth-order valence-corrected chi connectivity index (χ4v) is 1.56. The molecule has 1 heterocycles. The molecule has 0 amide bonds. The summed E-state index contributed by atoms with van der Waals surface area (Å²) in [5.74, 6) is 1.48. The quantitative estimate of drug-likeness (QED) is 0.651. The summed E-state index contributed by atoms with van der Waals surface area (Å²) in [4.78, 5) is 11.1. The van der Waals surface area contributed by atoms with Crippen LogP contribution in [0.15, 0.2) is 34.7 Å². The second-order valence-corrected chi connectivity index (χ2v) is 3.67. The molecular weight excluding hydrogens is 218 g/mol. The Morgan fingerprint density at radius 2 is 2.06 bits per heavy atom. The minimum absolute atomic E-state index is 0.108. The number of hydrogen-bond donors (Lipinski definition) is 1. The molecule has 1 aromatic carbocycles. The summed E-state index contributed by atoms with van der Waals surface area (Å²) < 4.78 is 10.5. The van der Waals surface area contributed by atoms with E-state index in [0.29, 0.717) is 23.0 Å². The van der Waals surface area contributed by atoms with Crippen molar-refractivity contribution in [3.05, 3.63) is 36.1 Å². The van der Waals surface area contributed by atoms with Gasteiger partial charge in [-0.15, -0.1) is 0 Å². The zero-order valence-electron chi connectivity index (χ0n) is 9.69. The first-order chi connectivity index (χ1) is 8.11. The first-order valence-electron chi connectivity index (χ1n) is 5.16. The molecule has 2 rings (SSSR count). The van der Waals surface area contributed by atoms with Gasteiger partial charge in [-0.25, -0.2) is 0 Å². The van der Waals surface area contributed by atoms with Crippen LogP contribution >= 0.6 is 0 Å². The third kappa shape index (κ3) is 2.15. The average molecular weight is 231 g/mol. The zero-order chi connectivity index (χ0) is 12.4. The Balaban J connectivity index is 2.42. The van der Waals surface area contributed by atoms with Gasteiger partial charge in [-0.2, -0.15) is 0 Å². The van der Waals surface area contributed by atoms with E-state index in [1.54, 1.807) is 37.4 Å². The molecular formula is C13H13NO3. The molecule has 1 aromatic heterocycles. The van der Waals surface area contributed by atoms with Crippen molar-refractivity contribution in [2.45, 2.75) is 6.92 Å². The molecule has 0 fully saturated rings. The monoisotopic (exact) mass is 231 g/mol. The number of nitrogen functional groups attached to an aromatic ring is 1. The second kappa shape index (κ2) is 4.33. The molecule has 0 spiro atoms. The maximum atomic E-state index is 11.1. The van der Waals surface area contributed by atoms with Crippen LogP contribution in [-0.4, -0.2) is 12.9 Å². The van der Waals surface area contributed by atoms with Gasteiger partial charge in [-0.05, 0) is 24.3 Å². The number of nitrogens with two attached hydrogens (primary N) is 1. The van der Waals surface area contributed by atoms with Crippen molar-refractivity contribution in [3.63, 3.8) is 0 Å². The highest BCUT2D eigenvalue weighted by molar-refractivity contribution is 5.92. The van der Waals surface area contributed by atoms with Gasteiger partial charge in [-0.3, -0.25) is 4.79 Å². The molecule has 88 valence electrons. The lowest BCUT2D eigenvalue weighted by Gasteiger charge is -2.05. The number of carbonyl (C=O) groups excluding carboxylic acids is 1.